The Morgan fingerprint density at radius 1 is 1.05 bits per heavy atom. The average Bonchev–Trinajstić information content (AvgIpc) is 3.15. The predicted molar refractivity (Wildman–Crippen MR) is 86.1 cm³/mol. The molecule has 3 atom stereocenters. The van der Waals surface area contributed by atoms with Gasteiger partial charge in [-0.15, -0.1) is 0 Å². The minimum absolute atomic E-state index is 0.760. The van der Waals surface area contributed by atoms with Gasteiger partial charge >= 0.3 is 0 Å². The van der Waals surface area contributed by atoms with E-state index in [0.29, 0.717) is 0 Å². The summed E-state index contributed by atoms with van der Waals surface area (Å²) in [6.07, 6.45) is 5.76. The Morgan fingerprint density at radius 2 is 1.90 bits per heavy atom. The molecule has 2 aliphatic carbocycles. The van der Waals surface area contributed by atoms with E-state index in [4.69, 9.17) is 0 Å². The van der Waals surface area contributed by atoms with Gasteiger partial charge in [0.25, 0.3) is 0 Å². The Hall–Kier alpha value is -2.01. The zero-order valence-corrected chi connectivity index (χ0v) is 12.2. The average molecular weight is 276 g/mol. The van der Waals surface area contributed by atoms with Crippen molar-refractivity contribution < 1.29 is 0 Å². The monoisotopic (exact) mass is 276 g/mol. The van der Waals surface area contributed by atoms with Gasteiger partial charge in [-0.25, -0.2) is 0 Å². The minimum Gasteiger partial charge on any atom is -0.384 e. The van der Waals surface area contributed by atoms with Crippen LogP contribution in [0.1, 0.15) is 31.2 Å². The molecule has 0 aliphatic heterocycles. The summed E-state index contributed by atoms with van der Waals surface area (Å²) in [6.45, 7) is 1.08. The highest BCUT2D eigenvalue weighted by Crippen LogP contribution is 2.48. The molecule has 2 aromatic carbocycles. The lowest BCUT2D eigenvalue weighted by molar-refractivity contribution is 0.348. The van der Waals surface area contributed by atoms with Crippen molar-refractivity contribution in [3.8, 4) is 6.07 Å². The van der Waals surface area contributed by atoms with Crippen LogP contribution in [0.25, 0.3) is 10.8 Å². The van der Waals surface area contributed by atoms with E-state index in [-0.39, 0.29) is 0 Å². The molecule has 2 nitrogen and oxygen atoms in total. The number of nitrogens with one attached hydrogen (secondary N) is 1. The van der Waals surface area contributed by atoms with Crippen molar-refractivity contribution in [2.75, 3.05) is 11.9 Å². The molecule has 0 saturated heterocycles. The molecule has 2 bridgehead atoms. The van der Waals surface area contributed by atoms with Crippen molar-refractivity contribution in [1.82, 2.24) is 0 Å². The normalized spacial score (nSPS) is 26.9. The van der Waals surface area contributed by atoms with Gasteiger partial charge in [0.1, 0.15) is 0 Å². The highest BCUT2D eigenvalue weighted by molar-refractivity contribution is 5.97. The Labute approximate surface area is 125 Å². The lowest BCUT2D eigenvalue weighted by atomic mass is 9.89. The van der Waals surface area contributed by atoms with E-state index in [9.17, 15) is 5.26 Å². The van der Waals surface area contributed by atoms with Crippen molar-refractivity contribution in [3.05, 3.63) is 42.0 Å². The van der Waals surface area contributed by atoms with Gasteiger partial charge in [-0.1, -0.05) is 30.7 Å². The molecule has 2 saturated carbocycles. The summed E-state index contributed by atoms with van der Waals surface area (Å²) in [5, 5.41) is 15.1. The molecule has 2 aliphatic rings. The Bertz CT molecular complexity index is 713. The SMILES string of the molecule is N#Cc1ccc(NCC2CC3CCC2C3)c2ccccc12. The Balaban J connectivity index is 1.58. The summed E-state index contributed by atoms with van der Waals surface area (Å²) < 4.78 is 0. The van der Waals surface area contributed by atoms with Crippen molar-refractivity contribution in [3.63, 3.8) is 0 Å². The van der Waals surface area contributed by atoms with Crippen LogP contribution < -0.4 is 5.32 Å². The summed E-state index contributed by atoms with van der Waals surface area (Å²) in [7, 11) is 0. The van der Waals surface area contributed by atoms with Gasteiger partial charge in [-0.3, -0.25) is 0 Å². The standard InChI is InChI=1S/C19H20N2/c20-11-15-7-8-19(18-4-2-1-3-17(15)18)21-12-16-10-13-5-6-14(16)9-13/h1-4,7-8,13-14,16,21H,5-6,9-10,12H2. The highest BCUT2D eigenvalue weighted by atomic mass is 14.9. The molecule has 21 heavy (non-hydrogen) atoms. The molecule has 0 heterocycles. The van der Waals surface area contributed by atoms with Gasteiger partial charge in [0, 0.05) is 23.0 Å². The molecule has 0 radical (unpaired) electrons. The van der Waals surface area contributed by atoms with Gasteiger partial charge in [0.2, 0.25) is 0 Å². The zero-order chi connectivity index (χ0) is 14.2. The third-order valence-electron chi connectivity index (χ3n) is 5.48. The second-order valence-electron chi connectivity index (χ2n) is 6.63. The lowest BCUT2D eigenvalue weighted by Gasteiger charge is -2.23. The molecule has 0 spiro atoms. The van der Waals surface area contributed by atoms with E-state index in [1.807, 2.05) is 24.3 Å². The molecule has 3 unspecified atom stereocenters. The smallest absolute Gasteiger partial charge is 0.0998 e. The van der Waals surface area contributed by atoms with Crippen LogP contribution in [0.15, 0.2) is 36.4 Å². The highest BCUT2D eigenvalue weighted by Gasteiger charge is 2.39. The first-order chi connectivity index (χ1) is 10.3. The van der Waals surface area contributed by atoms with Gasteiger partial charge in [-0.05, 0) is 49.1 Å². The second-order valence-corrected chi connectivity index (χ2v) is 6.63. The first kappa shape index (κ1) is 12.7. The van der Waals surface area contributed by atoms with E-state index < -0.39 is 0 Å². The maximum atomic E-state index is 9.23. The number of hydrogen-bond donors (Lipinski definition) is 1. The van der Waals surface area contributed by atoms with Gasteiger partial charge < -0.3 is 5.32 Å². The Kier molecular flexibility index (Phi) is 3.07. The molecule has 0 amide bonds. The fourth-order valence-electron chi connectivity index (χ4n) is 4.42. The third-order valence-corrected chi connectivity index (χ3v) is 5.48. The van der Waals surface area contributed by atoms with Crippen LogP contribution >= 0.6 is 0 Å². The first-order valence-electron chi connectivity index (χ1n) is 8.01. The molecule has 106 valence electrons. The van der Waals surface area contributed by atoms with Crippen LogP contribution in [-0.4, -0.2) is 6.54 Å². The zero-order valence-electron chi connectivity index (χ0n) is 12.2. The maximum absolute atomic E-state index is 9.23. The minimum atomic E-state index is 0.760. The van der Waals surface area contributed by atoms with Gasteiger partial charge in [0.15, 0.2) is 0 Å². The second kappa shape index (κ2) is 5.07. The number of rotatable bonds is 3. The predicted octanol–water partition coefficient (Wildman–Crippen LogP) is 4.56. The molecule has 0 aromatic heterocycles. The fourth-order valence-corrected chi connectivity index (χ4v) is 4.42. The number of anilines is 1. The number of fused-ring (bicyclic) bond motifs is 3. The van der Waals surface area contributed by atoms with Crippen LogP contribution in [0.5, 0.6) is 0 Å². The molecule has 2 aromatic rings. The van der Waals surface area contributed by atoms with E-state index in [0.717, 1.165) is 35.2 Å². The number of benzene rings is 2. The van der Waals surface area contributed by atoms with Crippen LogP contribution in [0.4, 0.5) is 5.69 Å². The van der Waals surface area contributed by atoms with Crippen LogP contribution in [0.2, 0.25) is 0 Å². The number of hydrogen-bond acceptors (Lipinski definition) is 2. The molecular weight excluding hydrogens is 256 g/mol. The third kappa shape index (κ3) is 2.17. The summed E-state index contributed by atoms with van der Waals surface area (Å²) in [6, 6.07) is 14.5. The summed E-state index contributed by atoms with van der Waals surface area (Å²) in [5.41, 5.74) is 1.93. The van der Waals surface area contributed by atoms with E-state index in [2.05, 4.69) is 23.5 Å². The van der Waals surface area contributed by atoms with E-state index >= 15 is 0 Å². The lowest BCUT2D eigenvalue weighted by Crippen LogP contribution is -2.20. The largest absolute Gasteiger partial charge is 0.384 e. The van der Waals surface area contributed by atoms with Crippen LogP contribution in [-0.2, 0) is 0 Å². The van der Waals surface area contributed by atoms with Crippen molar-refractivity contribution >= 4 is 16.5 Å². The van der Waals surface area contributed by atoms with Gasteiger partial charge in [0.05, 0.1) is 11.6 Å². The molecule has 2 heteroatoms. The first-order valence-corrected chi connectivity index (χ1v) is 8.01. The molecular formula is C19H20N2. The van der Waals surface area contributed by atoms with E-state index in [1.54, 1.807) is 0 Å². The summed E-state index contributed by atoms with van der Waals surface area (Å²) in [5.74, 6) is 2.80. The quantitative estimate of drug-likeness (QED) is 0.892. The summed E-state index contributed by atoms with van der Waals surface area (Å²) >= 11 is 0. The topological polar surface area (TPSA) is 35.8 Å². The number of nitrogens with zero attached hydrogens (tertiary/aromatic N) is 1. The van der Waals surface area contributed by atoms with E-state index in [1.165, 1.54) is 36.8 Å². The van der Waals surface area contributed by atoms with Crippen LogP contribution in [0.3, 0.4) is 0 Å². The number of nitriles is 1. The van der Waals surface area contributed by atoms with Crippen molar-refractivity contribution in [2.24, 2.45) is 17.8 Å². The van der Waals surface area contributed by atoms with Crippen LogP contribution in [0, 0.1) is 29.1 Å². The summed E-state index contributed by atoms with van der Waals surface area (Å²) in [4.78, 5) is 0. The molecule has 1 N–H and O–H groups in total. The maximum Gasteiger partial charge on any atom is 0.0998 e. The van der Waals surface area contributed by atoms with Crippen molar-refractivity contribution in [2.45, 2.75) is 25.7 Å². The van der Waals surface area contributed by atoms with Gasteiger partial charge in [-0.2, -0.15) is 5.26 Å². The molecule has 2 fully saturated rings. The fraction of sp³-hybridized carbons (Fsp3) is 0.421. The molecule has 4 rings (SSSR count). The Morgan fingerprint density at radius 3 is 2.62 bits per heavy atom. The van der Waals surface area contributed by atoms with Crippen molar-refractivity contribution in [1.29, 1.82) is 5.26 Å².